The molecule has 0 bridgehead atoms. The standard InChI is InChI=1S/C20H23NO6/c1-3-25-17(22)10-6-12-5-8-15-18(12)14-9-7-13(21-20(24)26-4-2)11-16(14)27-19(15)23/h7,9,11-12H,3-6,8,10H2,1-2H3,(H,21,24). The Balaban J connectivity index is 1.89. The van der Waals surface area contributed by atoms with E-state index < -0.39 is 6.09 Å². The number of anilines is 1. The molecule has 1 heterocycles. The second-order valence-corrected chi connectivity index (χ2v) is 6.42. The highest BCUT2D eigenvalue weighted by molar-refractivity contribution is 5.90. The molecule has 0 spiro atoms. The van der Waals surface area contributed by atoms with Gasteiger partial charge in [0.05, 0.1) is 13.2 Å². The fourth-order valence-electron chi connectivity index (χ4n) is 3.61. The first-order valence-electron chi connectivity index (χ1n) is 9.22. The summed E-state index contributed by atoms with van der Waals surface area (Å²) in [6, 6.07) is 5.20. The van der Waals surface area contributed by atoms with E-state index in [0.29, 0.717) is 42.7 Å². The predicted octanol–water partition coefficient (Wildman–Crippen LogP) is 3.73. The first kappa shape index (κ1) is 18.9. The minimum absolute atomic E-state index is 0.111. The molecule has 1 aromatic heterocycles. The Bertz CT molecular complexity index is 917. The predicted molar refractivity (Wildman–Crippen MR) is 100 cm³/mol. The smallest absolute Gasteiger partial charge is 0.411 e. The lowest BCUT2D eigenvalue weighted by Gasteiger charge is -2.14. The minimum Gasteiger partial charge on any atom is -0.466 e. The molecule has 1 atom stereocenters. The molecule has 0 saturated carbocycles. The van der Waals surface area contributed by atoms with Crippen LogP contribution in [0.4, 0.5) is 10.5 Å². The number of carbonyl (C=O) groups excluding carboxylic acids is 2. The molecule has 27 heavy (non-hydrogen) atoms. The Morgan fingerprint density at radius 3 is 2.74 bits per heavy atom. The van der Waals surface area contributed by atoms with Gasteiger partial charge in [-0.05, 0) is 56.7 Å². The number of amides is 1. The van der Waals surface area contributed by atoms with Crippen LogP contribution in [-0.4, -0.2) is 25.3 Å². The van der Waals surface area contributed by atoms with Crippen LogP contribution in [0.25, 0.3) is 11.0 Å². The van der Waals surface area contributed by atoms with E-state index in [9.17, 15) is 14.4 Å². The molecule has 7 heteroatoms. The lowest BCUT2D eigenvalue weighted by Crippen LogP contribution is -2.13. The molecule has 0 aliphatic heterocycles. The zero-order chi connectivity index (χ0) is 19.4. The number of carbonyl (C=O) groups is 2. The van der Waals surface area contributed by atoms with Gasteiger partial charge in [0, 0.05) is 29.1 Å². The maximum Gasteiger partial charge on any atom is 0.411 e. The number of ether oxygens (including phenoxy) is 2. The Morgan fingerprint density at radius 2 is 2.00 bits per heavy atom. The number of benzene rings is 1. The van der Waals surface area contributed by atoms with Crippen LogP contribution in [0.2, 0.25) is 0 Å². The van der Waals surface area contributed by atoms with Gasteiger partial charge in [-0.3, -0.25) is 10.1 Å². The van der Waals surface area contributed by atoms with Crippen LogP contribution in [0.1, 0.15) is 50.2 Å². The quantitative estimate of drug-likeness (QED) is 0.612. The largest absolute Gasteiger partial charge is 0.466 e. The average Bonchev–Trinajstić information content (AvgIpc) is 3.05. The first-order chi connectivity index (χ1) is 13.0. The van der Waals surface area contributed by atoms with Gasteiger partial charge < -0.3 is 13.9 Å². The second kappa shape index (κ2) is 8.24. The van der Waals surface area contributed by atoms with Gasteiger partial charge in [-0.1, -0.05) is 0 Å². The third-order valence-corrected chi connectivity index (χ3v) is 4.72. The summed E-state index contributed by atoms with van der Waals surface area (Å²) in [6.07, 6.45) is 1.84. The van der Waals surface area contributed by atoms with E-state index in [1.807, 2.05) is 6.07 Å². The van der Waals surface area contributed by atoms with Crippen LogP contribution in [0, 0.1) is 0 Å². The van der Waals surface area contributed by atoms with Gasteiger partial charge in [-0.15, -0.1) is 0 Å². The molecular formula is C20H23NO6. The summed E-state index contributed by atoms with van der Waals surface area (Å²) in [5.41, 5.74) is 2.18. The van der Waals surface area contributed by atoms with Crippen molar-refractivity contribution in [3.05, 3.63) is 39.7 Å². The van der Waals surface area contributed by atoms with Crippen LogP contribution < -0.4 is 10.9 Å². The van der Waals surface area contributed by atoms with E-state index in [0.717, 1.165) is 17.4 Å². The number of hydrogen-bond donors (Lipinski definition) is 1. The third-order valence-electron chi connectivity index (χ3n) is 4.72. The summed E-state index contributed by atoms with van der Waals surface area (Å²) in [5, 5.41) is 3.44. The first-order valence-corrected chi connectivity index (χ1v) is 9.22. The summed E-state index contributed by atoms with van der Waals surface area (Å²) >= 11 is 0. The molecule has 1 amide bonds. The highest BCUT2D eigenvalue weighted by atomic mass is 16.5. The van der Waals surface area contributed by atoms with Crippen molar-refractivity contribution >= 4 is 28.7 Å². The van der Waals surface area contributed by atoms with E-state index >= 15 is 0 Å². The van der Waals surface area contributed by atoms with Crippen molar-refractivity contribution in [1.29, 1.82) is 0 Å². The van der Waals surface area contributed by atoms with Gasteiger partial charge in [-0.25, -0.2) is 9.59 Å². The number of fused-ring (bicyclic) bond motifs is 3. The Labute approximate surface area is 156 Å². The highest BCUT2D eigenvalue weighted by Crippen LogP contribution is 2.39. The van der Waals surface area contributed by atoms with E-state index in [-0.39, 0.29) is 24.1 Å². The van der Waals surface area contributed by atoms with Crippen molar-refractivity contribution < 1.29 is 23.5 Å². The average molecular weight is 373 g/mol. The summed E-state index contributed by atoms with van der Waals surface area (Å²) in [5.74, 6) is -0.112. The molecule has 7 nitrogen and oxygen atoms in total. The van der Waals surface area contributed by atoms with Gasteiger partial charge in [-0.2, -0.15) is 0 Å². The molecular weight excluding hydrogens is 350 g/mol. The fraction of sp³-hybridized carbons (Fsp3) is 0.450. The Kier molecular flexibility index (Phi) is 5.78. The lowest BCUT2D eigenvalue weighted by molar-refractivity contribution is -0.143. The van der Waals surface area contributed by atoms with Gasteiger partial charge in [0.15, 0.2) is 0 Å². The van der Waals surface area contributed by atoms with Crippen LogP contribution in [0.15, 0.2) is 27.4 Å². The van der Waals surface area contributed by atoms with E-state index in [1.165, 1.54) is 0 Å². The van der Waals surface area contributed by atoms with Crippen molar-refractivity contribution in [3.8, 4) is 0 Å². The Morgan fingerprint density at radius 1 is 1.22 bits per heavy atom. The zero-order valence-electron chi connectivity index (χ0n) is 15.5. The summed E-state index contributed by atoms with van der Waals surface area (Å²) in [6.45, 7) is 4.13. The van der Waals surface area contributed by atoms with E-state index in [1.54, 1.807) is 26.0 Å². The summed E-state index contributed by atoms with van der Waals surface area (Å²) < 4.78 is 15.3. The van der Waals surface area contributed by atoms with Gasteiger partial charge in [0.1, 0.15) is 5.58 Å². The van der Waals surface area contributed by atoms with Crippen molar-refractivity contribution in [1.82, 2.24) is 0 Å². The lowest BCUT2D eigenvalue weighted by atomic mass is 9.93. The van der Waals surface area contributed by atoms with Crippen molar-refractivity contribution in [2.75, 3.05) is 18.5 Å². The maximum atomic E-state index is 12.4. The number of nitrogens with one attached hydrogen (secondary N) is 1. The molecule has 2 aromatic rings. The molecule has 1 N–H and O–H groups in total. The van der Waals surface area contributed by atoms with E-state index in [4.69, 9.17) is 13.9 Å². The molecule has 1 aliphatic rings. The number of hydrogen-bond acceptors (Lipinski definition) is 6. The van der Waals surface area contributed by atoms with Gasteiger partial charge in [0.2, 0.25) is 0 Å². The van der Waals surface area contributed by atoms with Crippen LogP contribution in [-0.2, 0) is 20.7 Å². The Hall–Kier alpha value is -2.83. The monoisotopic (exact) mass is 373 g/mol. The molecule has 144 valence electrons. The van der Waals surface area contributed by atoms with E-state index in [2.05, 4.69) is 5.32 Å². The number of esters is 1. The van der Waals surface area contributed by atoms with Crippen molar-refractivity contribution in [2.45, 2.75) is 45.4 Å². The SMILES string of the molecule is CCOC(=O)CCC1CCc2c1c1ccc(NC(=O)OCC)cc1oc2=O. The van der Waals surface area contributed by atoms with Gasteiger partial charge in [0.25, 0.3) is 0 Å². The molecule has 1 unspecified atom stereocenters. The van der Waals surface area contributed by atoms with Gasteiger partial charge >= 0.3 is 17.7 Å². The summed E-state index contributed by atoms with van der Waals surface area (Å²) in [7, 11) is 0. The molecule has 3 rings (SSSR count). The second-order valence-electron chi connectivity index (χ2n) is 6.42. The van der Waals surface area contributed by atoms with Crippen molar-refractivity contribution in [3.63, 3.8) is 0 Å². The van der Waals surface area contributed by atoms with Crippen molar-refractivity contribution in [2.24, 2.45) is 0 Å². The summed E-state index contributed by atoms with van der Waals surface area (Å²) in [4.78, 5) is 35.7. The van der Waals surface area contributed by atoms with Crippen LogP contribution in [0.3, 0.4) is 0 Å². The minimum atomic E-state index is -0.562. The molecule has 0 saturated heterocycles. The molecule has 1 aromatic carbocycles. The van der Waals surface area contributed by atoms with Crippen LogP contribution >= 0.6 is 0 Å². The molecule has 0 radical (unpaired) electrons. The topological polar surface area (TPSA) is 94.8 Å². The normalized spacial score (nSPS) is 15.4. The molecule has 0 fully saturated rings. The fourth-order valence-corrected chi connectivity index (χ4v) is 3.61. The highest BCUT2D eigenvalue weighted by Gasteiger charge is 2.29. The number of rotatable bonds is 6. The molecule has 1 aliphatic carbocycles. The zero-order valence-corrected chi connectivity index (χ0v) is 15.5. The van der Waals surface area contributed by atoms with Crippen LogP contribution in [0.5, 0.6) is 0 Å². The third kappa shape index (κ3) is 4.13. The maximum absolute atomic E-state index is 12.4.